The second-order valence-electron chi connectivity index (χ2n) is 11.7. The summed E-state index contributed by atoms with van der Waals surface area (Å²) >= 11 is 3.72. The lowest BCUT2D eigenvalue weighted by Crippen LogP contribution is -2.10. The third-order valence-corrected chi connectivity index (χ3v) is 11.4. The van der Waals surface area contributed by atoms with Gasteiger partial charge in [-0.05, 0) is 65.7 Å². The number of fused-ring (bicyclic) bond motifs is 9. The van der Waals surface area contributed by atoms with Crippen LogP contribution in [-0.4, -0.2) is 0 Å². The van der Waals surface area contributed by atoms with Gasteiger partial charge in [0.25, 0.3) is 0 Å². The van der Waals surface area contributed by atoms with E-state index in [0.717, 1.165) is 39.0 Å². The van der Waals surface area contributed by atoms with Crippen LogP contribution in [-0.2, 0) is 0 Å². The first-order valence-corrected chi connectivity index (χ1v) is 17.1. The minimum absolute atomic E-state index is 0.887. The van der Waals surface area contributed by atoms with Crippen molar-refractivity contribution >= 4 is 102 Å². The summed E-state index contributed by atoms with van der Waals surface area (Å²) in [6.45, 7) is 0. The molecule has 0 fully saturated rings. The molecule has 2 nitrogen and oxygen atoms in total. The van der Waals surface area contributed by atoms with E-state index in [-0.39, 0.29) is 0 Å². The standard InChI is InChI=1S/C42H25NOS2/c1-2-10-26(11-3-1)29-21-22-35(41-33-14-6-9-17-39(33)46-42(29)41)43(27-19-23-40-34(24-27)32-13-5-8-16-38(32)45-40)28-18-20-31-30-12-4-7-15-36(30)44-37(31)25-28/h1-25H. The van der Waals surface area contributed by atoms with Crippen LogP contribution in [0.5, 0.6) is 0 Å². The van der Waals surface area contributed by atoms with E-state index in [9.17, 15) is 0 Å². The molecule has 46 heavy (non-hydrogen) atoms. The van der Waals surface area contributed by atoms with Gasteiger partial charge in [0.05, 0.1) is 5.69 Å². The largest absolute Gasteiger partial charge is 0.456 e. The number of anilines is 3. The Morgan fingerprint density at radius 3 is 1.96 bits per heavy atom. The molecule has 216 valence electrons. The molecule has 0 N–H and O–H groups in total. The van der Waals surface area contributed by atoms with E-state index in [4.69, 9.17) is 4.42 Å². The van der Waals surface area contributed by atoms with Crippen molar-refractivity contribution in [2.45, 2.75) is 0 Å². The summed E-state index contributed by atoms with van der Waals surface area (Å²) in [6, 6.07) is 54.7. The van der Waals surface area contributed by atoms with Crippen LogP contribution in [0.15, 0.2) is 156 Å². The zero-order valence-corrected chi connectivity index (χ0v) is 26.2. The van der Waals surface area contributed by atoms with E-state index >= 15 is 0 Å². The summed E-state index contributed by atoms with van der Waals surface area (Å²) in [5, 5.41) is 7.38. The Kier molecular flexibility index (Phi) is 5.65. The minimum atomic E-state index is 0.887. The van der Waals surface area contributed by atoms with E-state index in [0.29, 0.717) is 0 Å². The maximum atomic E-state index is 6.43. The molecule has 3 aromatic heterocycles. The van der Waals surface area contributed by atoms with E-state index in [2.05, 4.69) is 144 Å². The van der Waals surface area contributed by atoms with Crippen LogP contribution in [0.25, 0.3) is 73.4 Å². The molecule has 7 aromatic carbocycles. The Balaban J connectivity index is 1.29. The Bertz CT molecular complexity index is 2770. The van der Waals surface area contributed by atoms with Crippen LogP contribution in [0.1, 0.15) is 0 Å². The number of hydrogen-bond acceptors (Lipinski definition) is 4. The maximum Gasteiger partial charge on any atom is 0.137 e. The maximum absolute atomic E-state index is 6.43. The smallest absolute Gasteiger partial charge is 0.137 e. The Hall–Kier alpha value is -5.42. The van der Waals surface area contributed by atoms with Crippen LogP contribution in [0, 0.1) is 0 Å². The molecule has 0 spiro atoms. The molecule has 0 atom stereocenters. The summed E-state index contributed by atoms with van der Waals surface area (Å²) in [5.41, 5.74) is 7.62. The predicted octanol–water partition coefficient (Wildman–Crippen LogP) is 13.5. The van der Waals surface area contributed by atoms with Gasteiger partial charge < -0.3 is 9.32 Å². The summed E-state index contributed by atoms with van der Waals surface area (Å²) in [6.07, 6.45) is 0. The normalized spacial score (nSPS) is 11.9. The molecule has 0 radical (unpaired) electrons. The third kappa shape index (κ3) is 3.87. The summed E-state index contributed by atoms with van der Waals surface area (Å²) < 4.78 is 11.6. The molecular weight excluding hydrogens is 599 g/mol. The third-order valence-electron chi connectivity index (χ3n) is 9.07. The number of thiophene rings is 2. The van der Waals surface area contributed by atoms with Crippen molar-refractivity contribution in [1.29, 1.82) is 0 Å². The van der Waals surface area contributed by atoms with Gasteiger partial charge in [-0.15, -0.1) is 22.7 Å². The SMILES string of the molecule is c1ccc(-c2ccc(N(c3ccc4c(c3)oc3ccccc34)c3ccc4sc5ccccc5c4c3)c3c2sc2ccccc23)cc1. The minimum Gasteiger partial charge on any atom is -0.456 e. The average molecular weight is 624 g/mol. The van der Waals surface area contributed by atoms with Crippen LogP contribution in [0.2, 0.25) is 0 Å². The molecular formula is C42H25NOS2. The number of furan rings is 1. The quantitative estimate of drug-likeness (QED) is 0.194. The second kappa shape index (κ2) is 10.0. The van der Waals surface area contributed by atoms with Crippen LogP contribution >= 0.6 is 22.7 Å². The number of rotatable bonds is 4. The fraction of sp³-hybridized carbons (Fsp3) is 0. The van der Waals surface area contributed by atoms with Crippen molar-refractivity contribution in [3.05, 3.63) is 152 Å². The first-order valence-electron chi connectivity index (χ1n) is 15.4. The van der Waals surface area contributed by atoms with E-state index < -0.39 is 0 Å². The predicted molar refractivity (Wildman–Crippen MR) is 200 cm³/mol. The number of hydrogen-bond donors (Lipinski definition) is 0. The molecule has 0 aliphatic heterocycles. The van der Waals surface area contributed by atoms with Gasteiger partial charge in [0.2, 0.25) is 0 Å². The molecule has 0 bridgehead atoms. The molecule has 0 saturated heterocycles. The first-order chi connectivity index (χ1) is 22.8. The molecule has 3 heterocycles. The number of para-hydroxylation sites is 1. The lowest BCUT2D eigenvalue weighted by atomic mass is 10.00. The lowest BCUT2D eigenvalue weighted by molar-refractivity contribution is 0.669. The zero-order chi connectivity index (χ0) is 30.2. The molecule has 0 aliphatic carbocycles. The molecule has 10 aromatic rings. The molecule has 10 rings (SSSR count). The van der Waals surface area contributed by atoms with Crippen molar-refractivity contribution in [3.63, 3.8) is 0 Å². The topological polar surface area (TPSA) is 16.4 Å². The van der Waals surface area contributed by atoms with Crippen molar-refractivity contribution in [2.75, 3.05) is 4.90 Å². The van der Waals surface area contributed by atoms with E-state index in [1.807, 2.05) is 34.8 Å². The Morgan fingerprint density at radius 2 is 1.09 bits per heavy atom. The van der Waals surface area contributed by atoms with Gasteiger partial charge in [0.1, 0.15) is 11.2 Å². The van der Waals surface area contributed by atoms with Crippen LogP contribution in [0.4, 0.5) is 17.1 Å². The van der Waals surface area contributed by atoms with Gasteiger partial charge in [-0.25, -0.2) is 0 Å². The fourth-order valence-electron chi connectivity index (χ4n) is 6.98. The van der Waals surface area contributed by atoms with Crippen LogP contribution < -0.4 is 4.90 Å². The highest BCUT2D eigenvalue weighted by Crippen LogP contribution is 2.49. The van der Waals surface area contributed by atoms with Crippen molar-refractivity contribution in [3.8, 4) is 11.1 Å². The summed E-state index contributed by atoms with van der Waals surface area (Å²) in [7, 11) is 0. The van der Waals surface area contributed by atoms with Gasteiger partial charge in [-0.2, -0.15) is 0 Å². The highest BCUT2D eigenvalue weighted by molar-refractivity contribution is 7.26. The molecule has 0 saturated carbocycles. The van der Waals surface area contributed by atoms with Crippen molar-refractivity contribution in [2.24, 2.45) is 0 Å². The highest BCUT2D eigenvalue weighted by Gasteiger charge is 2.22. The van der Waals surface area contributed by atoms with Crippen molar-refractivity contribution in [1.82, 2.24) is 0 Å². The summed E-state index contributed by atoms with van der Waals surface area (Å²) in [5.74, 6) is 0. The van der Waals surface area contributed by atoms with E-state index in [1.54, 1.807) is 0 Å². The highest BCUT2D eigenvalue weighted by atomic mass is 32.1. The first kappa shape index (κ1) is 25.9. The molecule has 0 aliphatic rings. The average Bonchev–Trinajstić information content (AvgIpc) is 3.80. The van der Waals surface area contributed by atoms with E-state index in [1.165, 1.54) is 51.5 Å². The summed E-state index contributed by atoms with van der Waals surface area (Å²) in [4.78, 5) is 2.43. The monoisotopic (exact) mass is 623 g/mol. The molecule has 0 amide bonds. The van der Waals surface area contributed by atoms with Crippen molar-refractivity contribution < 1.29 is 4.42 Å². The van der Waals surface area contributed by atoms with Gasteiger partial charge in [0.15, 0.2) is 0 Å². The molecule has 4 heteroatoms. The van der Waals surface area contributed by atoms with Gasteiger partial charge in [-0.3, -0.25) is 0 Å². The zero-order valence-electron chi connectivity index (χ0n) is 24.6. The fourth-order valence-corrected chi connectivity index (χ4v) is 9.32. The number of nitrogens with zero attached hydrogens (tertiary/aromatic N) is 1. The van der Waals surface area contributed by atoms with Gasteiger partial charge in [-0.1, -0.05) is 91.0 Å². The Labute approximate surface area is 273 Å². The van der Waals surface area contributed by atoms with Gasteiger partial charge >= 0.3 is 0 Å². The van der Waals surface area contributed by atoms with Gasteiger partial charge in [0, 0.05) is 68.6 Å². The Morgan fingerprint density at radius 1 is 0.435 bits per heavy atom. The second-order valence-corrected chi connectivity index (χ2v) is 13.8. The molecule has 0 unspecified atom stereocenters. The van der Waals surface area contributed by atoms with Crippen LogP contribution in [0.3, 0.4) is 0 Å². The lowest BCUT2D eigenvalue weighted by Gasteiger charge is -2.27. The number of benzene rings is 7.